The number of Topliss-reactive ketones (excluding diaryl/α,β-unsaturated/α-hetero) is 1. The first-order valence-corrected chi connectivity index (χ1v) is 6.29. The lowest BCUT2D eigenvalue weighted by atomic mass is 9.89. The van der Waals surface area contributed by atoms with Crippen molar-refractivity contribution in [3.63, 3.8) is 0 Å². The highest BCUT2D eigenvalue weighted by Crippen LogP contribution is 2.26. The van der Waals surface area contributed by atoms with Crippen molar-refractivity contribution in [2.75, 3.05) is 0 Å². The molecule has 0 saturated heterocycles. The molecule has 0 radical (unpaired) electrons. The Morgan fingerprint density at radius 2 is 1.89 bits per heavy atom. The molecule has 1 unspecified atom stereocenters. The molecule has 0 fully saturated rings. The van der Waals surface area contributed by atoms with Crippen molar-refractivity contribution in [2.24, 2.45) is 0 Å². The fourth-order valence-corrected chi connectivity index (χ4v) is 2.32. The zero-order valence-electron chi connectivity index (χ0n) is 11.1. The van der Waals surface area contributed by atoms with Crippen LogP contribution in [-0.4, -0.2) is 5.78 Å². The van der Waals surface area contributed by atoms with Gasteiger partial charge in [-0.05, 0) is 31.9 Å². The van der Waals surface area contributed by atoms with E-state index in [0.29, 0.717) is 11.3 Å². The van der Waals surface area contributed by atoms with E-state index in [2.05, 4.69) is 0 Å². The minimum Gasteiger partial charge on any atom is -0.466 e. The summed E-state index contributed by atoms with van der Waals surface area (Å²) >= 11 is 0. The van der Waals surface area contributed by atoms with Crippen molar-refractivity contribution in [3.05, 3.63) is 59.0 Å². The summed E-state index contributed by atoms with van der Waals surface area (Å²) < 4.78 is 5.45. The van der Waals surface area contributed by atoms with Crippen LogP contribution in [0.3, 0.4) is 0 Å². The van der Waals surface area contributed by atoms with Crippen LogP contribution in [0, 0.1) is 13.8 Å². The molecule has 0 spiro atoms. The van der Waals surface area contributed by atoms with Crippen LogP contribution in [0.2, 0.25) is 0 Å². The normalized spacial score (nSPS) is 12.4. The Hall–Kier alpha value is -1.83. The van der Waals surface area contributed by atoms with Gasteiger partial charge in [0.25, 0.3) is 0 Å². The van der Waals surface area contributed by atoms with Gasteiger partial charge in [0.05, 0.1) is 5.56 Å². The Morgan fingerprint density at radius 1 is 1.22 bits per heavy atom. The summed E-state index contributed by atoms with van der Waals surface area (Å²) in [5, 5.41) is 0. The first-order chi connectivity index (χ1) is 8.63. The van der Waals surface area contributed by atoms with Crippen LogP contribution in [-0.2, 0) is 0 Å². The number of hydrogen-bond acceptors (Lipinski definition) is 2. The zero-order chi connectivity index (χ0) is 13.1. The molecule has 2 nitrogen and oxygen atoms in total. The summed E-state index contributed by atoms with van der Waals surface area (Å²) in [4.78, 5) is 12.6. The highest BCUT2D eigenvalue weighted by atomic mass is 16.3. The van der Waals surface area contributed by atoms with Gasteiger partial charge < -0.3 is 4.42 Å². The van der Waals surface area contributed by atoms with E-state index in [1.54, 1.807) is 0 Å². The van der Waals surface area contributed by atoms with E-state index in [9.17, 15) is 4.79 Å². The molecule has 2 rings (SSSR count). The number of benzene rings is 1. The molecule has 1 atom stereocenters. The number of carbonyl (C=O) groups excluding carboxylic acids is 1. The van der Waals surface area contributed by atoms with Gasteiger partial charge in [0.2, 0.25) is 0 Å². The molecule has 0 aliphatic carbocycles. The Labute approximate surface area is 108 Å². The SMILES string of the molecule is CCC(C(=O)c1cc(C)oc1C)c1ccccc1. The van der Waals surface area contributed by atoms with Crippen LogP contribution >= 0.6 is 0 Å². The highest BCUT2D eigenvalue weighted by molar-refractivity contribution is 6.01. The molecule has 0 amide bonds. The second-order valence-corrected chi connectivity index (χ2v) is 4.56. The molecular formula is C16H18O2. The van der Waals surface area contributed by atoms with Crippen LogP contribution in [0.5, 0.6) is 0 Å². The largest absolute Gasteiger partial charge is 0.466 e. The molecule has 1 aromatic carbocycles. The molecule has 94 valence electrons. The van der Waals surface area contributed by atoms with Crippen molar-refractivity contribution in [1.29, 1.82) is 0 Å². The van der Waals surface area contributed by atoms with E-state index in [0.717, 1.165) is 17.7 Å². The fraction of sp³-hybridized carbons (Fsp3) is 0.312. The molecule has 0 aliphatic heterocycles. The van der Waals surface area contributed by atoms with Crippen LogP contribution in [0.4, 0.5) is 0 Å². The first-order valence-electron chi connectivity index (χ1n) is 6.29. The van der Waals surface area contributed by atoms with Gasteiger partial charge in [-0.15, -0.1) is 0 Å². The lowest BCUT2D eigenvalue weighted by molar-refractivity contribution is 0.0956. The molecule has 0 aliphatic rings. The van der Waals surface area contributed by atoms with E-state index >= 15 is 0 Å². The average Bonchev–Trinajstić information content (AvgIpc) is 2.70. The van der Waals surface area contributed by atoms with Crippen molar-refractivity contribution < 1.29 is 9.21 Å². The predicted octanol–water partition coefficient (Wildman–Crippen LogP) is 4.27. The molecule has 1 aromatic heterocycles. The number of rotatable bonds is 4. The maximum atomic E-state index is 12.6. The number of aryl methyl sites for hydroxylation is 2. The standard InChI is InChI=1S/C16H18O2/c1-4-14(13-8-6-5-7-9-13)16(17)15-10-11(2)18-12(15)3/h5-10,14H,4H2,1-3H3. The highest BCUT2D eigenvalue weighted by Gasteiger charge is 2.23. The Bertz CT molecular complexity index is 537. The summed E-state index contributed by atoms with van der Waals surface area (Å²) in [6.45, 7) is 5.75. The van der Waals surface area contributed by atoms with Gasteiger partial charge in [-0.3, -0.25) is 4.79 Å². The fourth-order valence-electron chi connectivity index (χ4n) is 2.32. The molecule has 18 heavy (non-hydrogen) atoms. The summed E-state index contributed by atoms with van der Waals surface area (Å²) in [5.41, 5.74) is 1.78. The molecule has 2 aromatic rings. The smallest absolute Gasteiger partial charge is 0.173 e. The quantitative estimate of drug-likeness (QED) is 0.749. The van der Waals surface area contributed by atoms with Gasteiger partial charge in [0.15, 0.2) is 5.78 Å². The van der Waals surface area contributed by atoms with E-state index < -0.39 is 0 Å². The second-order valence-electron chi connectivity index (χ2n) is 4.56. The van der Waals surface area contributed by atoms with Crippen molar-refractivity contribution in [2.45, 2.75) is 33.1 Å². The van der Waals surface area contributed by atoms with E-state index in [-0.39, 0.29) is 11.7 Å². The number of ketones is 1. The lowest BCUT2D eigenvalue weighted by Crippen LogP contribution is -2.12. The van der Waals surface area contributed by atoms with Gasteiger partial charge in [-0.1, -0.05) is 37.3 Å². The van der Waals surface area contributed by atoms with Crippen LogP contribution in [0.1, 0.15) is 46.7 Å². The van der Waals surface area contributed by atoms with Gasteiger partial charge in [0, 0.05) is 5.92 Å². The number of carbonyl (C=O) groups is 1. The molecular weight excluding hydrogens is 224 g/mol. The van der Waals surface area contributed by atoms with Gasteiger partial charge >= 0.3 is 0 Å². The molecule has 0 saturated carbocycles. The van der Waals surface area contributed by atoms with Gasteiger partial charge in [-0.2, -0.15) is 0 Å². The van der Waals surface area contributed by atoms with E-state index in [1.165, 1.54) is 0 Å². The van der Waals surface area contributed by atoms with Crippen molar-refractivity contribution >= 4 is 5.78 Å². The maximum absolute atomic E-state index is 12.6. The van der Waals surface area contributed by atoms with E-state index in [1.807, 2.05) is 57.2 Å². The summed E-state index contributed by atoms with van der Waals surface area (Å²) in [6.07, 6.45) is 0.798. The minimum atomic E-state index is -0.0816. The van der Waals surface area contributed by atoms with Crippen LogP contribution in [0.25, 0.3) is 0 Å². The van der Waals surface area contributed by atoms with E-state index in [4.69, 9.17) is 4.42 Å². The zero-order valence-corrected chi connectivity index (χ0v) is 11.1. The first kappa shape index (κ1) is 12.6. The van der Waals surface area contributed by atoms with Gasteiger partial charge in [-0.25, -0.2) is 0 Å². The number of hydrogen-bond donors (Lipinski definition) is 0. The van der Waals surface area contributed by atoms with Crippen molar-refractivity contribution in [1.82, 2.24) is 0 Å². The average molecular weight is 242 g/mol. The Morgan fingerprint density at radius 3 is 2.39 bits per heavy atom. The Balaban J connectivity index is 2.34. The third kappa shape index (κ3) is 2.37. The third-order valence-corrected chi connectivity index (χ3v) is 3.23. The molecule has 2 heteroatoms. The predicted molar refractivity (Wildman–Crippen MR) is 72.0 cm³/mol. The third-order valence-electron chi connectivity index (χ3n) is 3.23. The van der Waals surface area contributed by atoms with Crippen LogP contribution < -0.4 is 0 Å². The molecule has 0 bridgehead atoms. The van der Waals surface area contributed by atoms with Gasteiger partial charge in [0.1, 0.15) is 11.5 Å². The minimum absolute atomic E-state index is 0.0816. The second kappa shape index (κ2) is 5.21. The maximum Gasteiger partial charge on any atom is 0.173 e. The topological polar surface area (TPSA) is 30.2 Å². The molecule has 0 N–H and O–H groups in total. The number of furan rings is 1. The molecule has 1 heterocycles. The summed E-state index contributed by atoms with van der Waals surface area (Å²) in [5.74, 6) is 1.57. The Kier molecular flexibility index (Phi) is 3.66. The summed E-state index contributed by atoms with van der Waals surface area (Å²) in [7, 11) is 0. The summed E-state index contributed by atoms with van der Waals surface area (Å²) in [6, 6.07) is 11.8. The van der Waals surface area contributed by atoms with Crippen LogP contribution in [0.15, 0.2) is 40.8 Å². The van der Waals surface area contributed by atoms with Crippen molar-refractivity contribution in [3.8, 4) is 0 Å². The lowest BCUT2D eigenvalue weighted by Gasteiger charge is -2.13. The monoisotopic (exact) mass is 242 g/mol.